The van der Waals surface area contributed by atoms with Gasteiger partial charge in [-0.2, -0.15) is 0 Å². The van der Waals surface area contributed by atoms with Crippen LogP contribution in [0.3, 0.4) is 0 Å². The summed E-state index contributed by atoms with van der Waals surface area (Å²) in [6, 6.07) is 0. The quantitative estimate of drug-likeness (QED) is 0.352. The van der Waals surface area contributed by atoms with Crippen molar-refractivity contribution in [1.29, 1.82) is 0 Å². The fraction of sp³-hybridized carbons (Fsp3) is 0. The van der Waals surface area contributed by atoms with E-state index in [1.165, 1.54) is 0 Å². The predicted octanol–water partition coefficient (Wildman–Crippen LogP) is -8.02. The molecule has 2 nitrogen and oxygen atoms in total. The third-order valence-corrected chi connectivity index (χ3v) is 0. The van der Waals surface area contributed by atoms with Gasteiger partial charge in [0.25, 0.3) is 0 Å². The number of hydrogen-bond acceptors (Lipinski definition) is 0. The molecule has 0 spiro atoms. The van der Waals surface area contributed by atoms with Crippen molar-refractivity contribution in [2.45, 2.75) is 0 Å². The van der Waals surface area contributed by atoms with Crippen LogP contribution in [0.15, 0.2) is 0 Å². The van der Waals surface area contributed by atoms with Crippen LogP contribution in [0.1, 0.15) is 0 Å². The van der Waals surface area contributed by atoms with Gasteiger partial charge in [0.1, 0.15) is 0 Å². The van der Waals surface area contributed by atoms with E-state index in [9.17, 15) is 0 Å². The van der Waals surface area contributed by atoms with Crippen LogP contribution in [-0.4, -0.2) is 21.1 Å². The van der Waals surface area contributed by atoms with E-state index >= 15 is 0 Å². The molecule has 0 unspecified atom stereocenters. The molecule has 5 heavy (non-hydrogen) atoms. The molecule has 0 aromatic rings. The summed E-state index contributed by atoms with van der Waals surface area (Å²) in [5.41, 5.74) is 0. The summed E-state index contributed by atoms with van der Waals surface area (Å²) in [6.07, 6.45) is 0. The maximum atomic E-state index is 0. The minimum absolute atomic E-state index is 0. The van der Waals surface area contributed by atoms with Crippen LogP contribution < -0.4 is 34.0 Å². The molecule has 0 heterocycles. The average Bonchev–Trinajstić information content (AvgIpc) is 0. The molecule has 0 atom stereocenters. The van der Waals surface area contributed by atoms with Crippen LogP contribution in [0.2, 0.25) is 0 Å². The van der Waals surface area contributed by atoms with Crippen molar-refractivity contribution in [3.63, 3.8) is 0 Å². The molecular formula is H4BeBr2O2. The van der Waals surface area contributed by atoms with Crippen LogP contribution in [0.25, 0.3) is 0 Å². The molecule has 0 radical (unpaired) electrons. The Hall–Kier alpha value is 1.05. The molecule has 4 N–H and O–H groups in total. The first-order valence-corrected chi connectivity index (χ1v) is 0. The summed E-state index contributed by atoms with van der Waals surface area (Å²) in [7, 11) is 0. The Morgan fingerprint density at radius 2 is 0.600 bits per heavy atom. The van der Waals surface area contributed by atoms with Gasteiger partial charge >= 0.3 is 10.1 Å². The monoisotopic (exact) mass is 203 g/mol. The van der Waals surface area contributed by atoms with E-state index in [0.29, 0.717) is 0 Å². The number of rotatable bonds is 0. The van der Waals surface area contributed by atoms with Crippen molar-refractivity contribution in [2.24, 2.45) is 0 Å². The fourth-order valence-corrected chi connectivity index (χ4v) is 0. The zero-order valence-corrected chi connectivity index (χ0v) is 5.64. The smallest absolute Gasteiger partial charge is 1.00 e. The molecule has 0 aliphatic rings. The molecule has 0 saturated carbocycles. The van der Waals surface area contributed by atoms with E-state index < -0.39 is 0 Å². The Kier molecular flexibility index (Phi) is 2110. The van der Waals surface area contributed by atoms with E-state index in [2.05, 4.69) is 0 Å². The average molecular weight is 205 g/mol. The van der Waals surface area contributed by atoms with Crippen molar-refractivity contribution in [2.75, 3.05) is 0 Å². The first kappa shape index (κ1) is 140. The minimum atomic E-state index is 0. The maximum Gasteiger partial charge on any atom is 2.00 e. The van der Waals surface area contributed by atoms with Crippen molar-refractivity contribution in [3.8, 4) is 0 Å². The standard InChI is InChI=1S/Be.2BrH.2H2O/h;2*1H;2*1H2/q+2;;;;/p-2. The molecule has 0 aliphatic carbocycles. The van der Waals surface area contributed by atoms with E-state index in [-0.39, 0.29) is 55.0 Å². The Morgan fingerprint density at radius 3 is 0.600 bits per heavy atom. The van der Waals surface area contributed by atoms with Gasteiger partial charge in [-0.3, -0.25) is 0 Å². The minimum Gasteiger partial charge on any atom is -1.00 e. The number of halogens is 2. The Balaban J connectivity index is 0. The molecular weight excluding hydrogens is 201 g/mol. The molecule has 0 aromatic carbocycles. The van der Waals surface area contributed by atoms with Gasteiger partial charge in [0.2, 0.25) is 0 Å². The van der Waals surface area contributed by atoms with Gasteiger partial charge in [-0.25, -0.2) is 0 Å². The van der Waals surface area contributed by atoms with E-state index in [1.807, 2.05) is 0 Å². The first-order valence-electron chi connectivity index (χ1n) is 0. The molecule has 0 bridgehead atoms. The van der Waals surface area contributed by atoms with Crippen molar-refractivity contribution >= 4 is 10.1 Å². The van der Waals surface area contributed by atoms with Crippen molar-refractivity contribution in [1.82, 2.24) is 0 Å². The van der Waals surface area contributed by atoms with E-state index in [0.717, 1.165) is 0 Å². The van der Waals surface area contributed by atoms with Crippen LogP contribution in [0.5, 0.6) is 0 Å². The molecule has 0 amide bonds. The van der Waals surface area contributed by atoms with Gasteiger partial charge in [0, 0.05) is 0 Å². The van der Waals surface area contributed by atoms with Gasteiger partial charge in [-0.1, -0.05) is 0 Å². The topological polar surface area (TPSA) is 63.0 Å². The fourth-order valence-electron chi connectivity index (χ4n) is 0. The SMILES string of the molecule is O.O.[Be+2].[Br-].[Br-]. The third kappa shape index (κ3) is 42.7. The van der Waals surface area contributed by atoms with E-state index in [1.54, 1.807) is 0 Å². The molecule has 0 aromatic heterocycles. The maximum absolute atomic E-state index is 0. The summed E-state index contributed by atoms with van der Waals surface area (Å²) >= 11 is 0. The van der Waals surface area contributed by atoms with Crippen LogP contribution >= 0.6 is 0 Å². The normalized spacial score (nSPS) is 0. The molecule has 32 valence electrons. The second-order valence-electron chi connectivity index (χ2n) is 0. The second-order valence-corrected chi connectivity index (χ2v) is 0. The zero-order valence-electron chi connectivity index (χ0n) is 2.46. The summed E-state index contributed by atoms with van der Waals surface area (Å²) < 4.78 is 0. The largest absolute Gasteiger partial charge is 2.00 e. The molecule has 0 saturated heterocycles. The summed E-state index contributed by atoms with van der Waals surface area (Å²) in [6.45, 7) is 0. The Morgan fingerprint density at radius 1 is 0.600 bits per heavy atom. The summed E-state index contributed by atoms with van der Waals surface area (Å²) in [5.74, 6) is 0. The summed E-state index contributed by atoms with van der Waals surface area (Å²) in [4.78, 5) is 0. The van der Waals surface area contributed by atoms with Gasteiger partial charge in [-0.05, 0) is 0 Å². The third-order valence-electron chi connectivity index (χ3n) is 0. The molecule has 0 aliphatic heterocycles. The van der Waals surface area contributed by atoms with Crippen LogP contribution in [-0.2, 0) is 0 Å². The molecule has 0 rings (SSSR count). The van der Waals surface area contributed by atoms with Gasteiger partial charge in [0.05, 0.1) is 0 Å². The van der Waals surface area contributed by atoms with Gasteiger partial charge < -0.3 is 44.9 Å². The molecule has 5 heteroatoms. The zero-order chi connectivity index (χ0) is 0. The Bertz CT molecular complexity index is 7.61. The van der Waals surface area contributed by atoms with Gasteiger partial charge in [-0.15, -0.1) is 0 Å². The van der Waals surface area contributed by atoms with Crippen molar-refractivity contribution < 1.29 is 44.9 Å². The first-order chi connectivity index (χ1) is 0. The van der Waals surface area contributed by atoms with Crippen LogP contribution in [0, 0.1) is 0 Å². The van der Waals surface area contributed by atoms with Gasteiger partial charge in [0.15, 0.2) is 0 Å². The van der Waals surface area contributed by atoms with Crippen LogP contribution in [0.4, 0.5) is 0 Å². The van der Waals surface area contributed by atoms with Crippen molar-refractivity contribution in [3.05, 3.63) is 0 Å². The Labute approximate surface area is 55.3 Å². The predicted molar refractivity (Wildman–Crippen MR) is 13.0 cm³/mol. The summed E-state index contributed by atoms with van der Waals surface area (Å²) in [5, 5.41) is 0. The second kappa shape index (κ2) is 75.2. The molecule has 0 fully saturated rings. The van der Waals surface area contributed by atoms with E-state index in [4.69, 9.17) is 0 Å². The number of hydrogen-bond donors (Lipinski definition) is 0.